The summed E-state index contributed by atoms with van der Waals surface area (Å²) in [5.41, 5.74) is 1.28. The lowest BCUT2D eigenvalue weighted by Gasteiger charge is -1.96. The molecule has 16 heavy (non-hydrogen) atoms. The van der Waals surface area contributed by atoms with Crippen molar-refractivity contribution in [2.24, 2.45) is 0 Å². The molecule has 0 aliphatic carbocycles. The minimum atomic E-state index is -0.360. The molecule has 2 rings (SSSR count). The van der Waals surface area contributed by atoms with Crippen LogP contribution in [-0.2, 0) is 4.74 Å². The number of fused-ring (bicyclic) bond motifs is 1. The Morgan fingerprint density at radius 1 is 1.56 bits per heavy atom. The number of hydrogen-bond donors (Lipinski definition) is 1. The summed E-state index contributed by atoms with van der Waals surface area (Å²) in [5, 5.41) is 1.48. The number of H-pyrrole nitrogens is 1. The first-order valence-corrected chi connectivity index (χ1v) is 5.94. The molecule has 0 aliphatic rings. The molecule has 0 spiro atoms. The maximum absolute atomic E-state index is 11.5. The van der Waals surface area contributed by atoms with Gasteiger partial charge in [0.2, 0.25) is 0 Å². The summed E-state index contributed by atoms with van der Waals surface area (Å²) >= 11 is 9.34. The standard InChI is InChI=1S/C11H9BrClNO2/c1-2-16-11(15)9-5-6-8(14-9)4-3-7(13)10(6)12/h3-5,14H,2H2,1H3. The Kier molecular flexibility index (Phi) is 3.21. The van der Waals surface area contributed by atoms with Crippen LogP contribution < -0.4 is 0 Å². The second kappa shape index (κ2) is 4.47. The van der Waals surface area contributed by atoms with E-state index in [0.29, 0.717) is 17.3 Å². The third kappa shape index (κ3) is 1.95. The first kappa shape index (κ1) is 11.5. The molecule has 1 aromatic carbocycles. The molecule has 0 atom stereocenters. The van der Waals surface area contributed by atoms with Gasteiger partial charge in [-0.15, -0.1) is 0 Å². The second-order valence-electron chi connectivity index (χ2n) is 3.23. The first-order chi connectivity index (χ1) is 7.63. The normalized spacial score (nSPS) is 10.7. The van der Waals surface area contributed by atoms with E-state index in [4.69, 9.17) is 16.3 Å². The van der Waals surface area contributed by atoms with Gasteiger partial charge >= 0.3 is 5.97 Å². The van der Waals surface area contributed by atoms with Crippen LogP contribution in [0.2, 0.25) is 5.02 Å². The van der Waals surface area contributed by atoms with Crippen molar-refractivity contribution in [3.05, 3.63) is 33.4 Å². The molecule has 0 radical (unpaired) electrons. The van der Waals surface area contributed by atoms with Crippen LogP contribution in [0.3, 0.4) is 0 Å². The lowest BCUT2D eigenvalue weighted by molar-refractivity contribution is 0.0520. The number of aromatic nitrogens is 1. The van der Waals surface area contributed by atoms with Gasteiger partial charge in [-0.2, -0.15) is 0 Å². The van der Waals surface area contributed by atoms with Gasteiger partial charge in [-0.3, -0.25) is 0 Å². The molecule has 3 nitrogen and oxygen atoms in total. The van der Waals surface area contributed by atoms with E-state index in [9.17, 15) is 4.79 Å². The zero-order chi connectivity index (χ0) is 11.7. The van der Waals surface area contributed by atoms with Crippen LogP contribution >= 0.6 is 27.5 Å². The molecule has 5 heteroatoms. The van der Waals surface area contributed by atoms with Gasteiger partial charge in [-0.05, 0) is 41.1 Å². The highest BCUT2D eigenvalue weighted by atomic mass is 79.9. The van der Waals surface area contributed by atoms with Gasteiger partial charge in [0, 0.05) is 15.4 Å². The van der Waals surface area contributed by atoms with Crippen molar-refractivity contribution in [2.45, 2.75) is 6.92 Å². The van der Waals surface area contributed by atoms with Crippen LogP contribution in [0.15, 0.2) is 22.7 Å². The van der Waals surface area contributed by atoms with E-state index in [1.54, 1.807) is 19.1 Å². The maximum atomic E-state index is 11.5. The fraction of sp³-hybridized carbons (Fsp3) is 0.182. The summed E-state index contributed by atoms with van der Waals surface area (Å²) in [5.74, 6) is -0.360. The van der Waals surface area contributed by atoms with Crippen molar-refractivity contribution in [3.8, 4) is 0 Å². The highest BCUT2D eigenvalue weighted by Crippen LogP contribution is 2.31. The lowest BCUT2D eigenvalue weighted by atomic mass is 10.2. The zero-order valence-corrected chi connectivity index (χ0v) is 10.9. The zero-order valence-electron chi connectivity index (χ0n) is 8.51. The molecular weight excluding hydrogens is 293 g/mol. The minimum Gasteiger partial charge on any atom is -0.461 e. The maximum Gasteiger partial charge on any atom is 0.354 e. The van der Waals surface area contributed by atoms with E-state index in [0.717, 1.165) is 15.4 Å². The second-order valence-corrected chi connectivity index (χ2v) is 4.43. The number of aromatic amines is 1. The van der Waals surface area contributed by atoms with Crippen LogP contribution in [-0.4, -0.2) is 17.6 Å². The highest BCUT2D eigenvalue weighted by molar-refractivity contribution is 9.10. The SMILES string of the molecule is CCOC(=O)c1cc2c(Br)c(Cl)ccc2[nH]1. The summed E-state index contributed by atoms with van der Waals surface area (Å²) in [7, 11) is 0. The Bertz CT molecular complexity index is 550. The van der Waals surface area contributed by atoms with Crippen molar-refractivity contribution in [1.82, 2.24) is 4.98 Å². The number of halogens is 2. The van der Waals surface area contributed by atoms with Gasteiger partial charge in [0.1, 0.15) is 5.69 Å². The predicted octanol–water partition coefficient (Wildman–Crippen LogP) is 3.76. The number of nitrogens with one attached hydrogen (secondary N) is 1. The number of ether oxygens (including phenoxy) is 1. The molecule has 1 aromatic heterocycles. The van der Waals surface area contributed by atoms with Gasteiger partial charge in [0.25, 0.3) is 0 Å². The van der Waals surface area contributed by atoms with Crippen molar-refractivity contribution in [3.63, 3.8) is 0 Å². The quantitative estimate of drug-likeness (QED) is 0.858. The summed E-state index contributed by atoms with van der Waals surface area (Å²) in [4.78, 5) is 14.5. The van der Waals surface area contributed by atoms with Gasteiger partial charge in [0.15, 0.2) is 0 Å². The molecular formula is C11H9BrClNO2. The third-order valence-electron chi connectivity index (χ3n) is 2.19. The average Bonchev–Trinajstić information content (AvgIpc) is 2.69. The van der Waals surface area contributed by atoms with Crippen molar-refractivity contribution >= 4 is 44.4 Å². The van der Waals surface area contributed by atoms with Crippen LogP contribution in [0.25, 0.3) is 10.9 Å². The van der Waals surface area contributed by atoms with Gasteiger partial charge in [-0.25, -0.2) is 4.79 Å². The predicted molar refractivity (Wildman–Crippen MR) is 67.0 cm³/mol. The Hall–Kier alpha value is -1.00. The third-order valence-corrected chi connectivity index (χ3v) is 3.58. The van der Waals surface area contributed by atoms with E-state index >= 15 is 0 Å². The fourth-order valence-electron chi connectivity index (χ4n) is 1.46. The monoisotopic (exact) mass is 301 g/mol. The van der Waals surface area contributed by atoms with Gasteiger partial charge < -0.3 is 9.72 Å². The fourth-order valence-corrected chi connectivity index (χ4v) is 2.09. The Balaban J connectivity index is 2.52. The van der Waals surface area contributed by atoms with Crippen LogP contribution in [0.4, 0.5) is 0 Å². The van der Waals surface area contributed by atoms with E-state index in [1.807, 2.05) is 6.07 Å². The molecule has 0 unspecified atom stereocenters. The summed E-state index contributed by atoms with van der Waals surface area (Å²) in [6.07, 6.45) is 0. The average molecular weight is 303 g/mol. The van der Waals surface area contributed by atoms with Gasteiger partial charge in [0.05, 0.1) is 11.6 Å². The number of carbonyl (C=O) groups is 1. The van der Waals surface area contributed by atoms with E-state index in [-0.39, 0.29) is 5.97 Å². The summed E-state index contributed by atoms with van der Waals surface area (Å²) in [6, 6.07) is 5.31. The van der Waals surface area contributed by atoms with Crippen molar-refractivity contribution < 1.29 is 9.53 Å². The largest absolute Gasteiger partial charge is 0.461 e. The number of rotatable bonds is 2. The number of carbonyl (C=O) groups excluding carboxylic acids is 1. The van der Waals surface area contributed by atoms with Crippen LogP contribution in [0, 0.1) is 0 Å². The molecule has 0 amide bonds. The van der Waals surface area contributed by atoms with E-state index < -0.39 is 0 Å². The number of benzene rings is 1. The first-order valence-electron chi connectivity index (χ1n) is 4.77. The van der Waals surface area contributed by atoms with Crippen LogP contribution in [0.1, 0.15) is 17.4 Å². The van der Waals surface area contributed by atoms with Crippen molar-refractivity contribution in [2.75, 3.05) is 6.61 Å². The van der Waals surface area contributed by atoms with Crippen LogP contribution in [0.5, 0.6) is 0 Å². The molecule has 0 saturated heterocycles. The highest BCUT2D eigenvalue weighted by Gasteiger charge is 2.12. The minimum absolute atomic E-state index is 0.357. The molecule has 2 aromatic rings. The topological polar surface area (TPSA) is 42.1 Å². The van der Waals surface area contributed by atoms with E-state index in [1.165, 1.54) is 0 Å². The van der Waals surface area contributed by atoms with Crippen molar-refractivity contribution in [1.29, 1.82) is 0 Å². The molecule has 0 fully saturated rings. The molecule has 84 valence electrons. The lowest BCUT2D eigenvalue weighted by Crippen LogP contribution is -2.04. The molecule has 1 heterocycles. The Morgan fingerprint density at radius 3 is 3.00 bits per heavy atom. The Labute approximate surface area is 106 Å². The van der Waals surface area contributed by atoms with E-state index in [2.05, 4.69) is 20.9 Å². The summed E-state index contributed by atoms with van der Waals surface area (Å²) < 4.78 is 5.69. The number of hydrogen-bond acceptors (Lipinski definition) is 2. The smallest absolute Gasteiger partial charge is 0.354 e. The Morgan fingerprint density at radius 2 is 2.31 bits per heavy atom. The molecule has 1 N–H and O–H groups in total. The molecule has 0 bridgehead atoms. The molecule has 0 saturated carbocycles. The molecule has 0 aliphatic heterocycles. The number of esters is 1. The van der Waals surface area contributed by atoms with Gasteiger partial charge in [-0.1, -0.05) is 11.6 Å². The summed E-state index contributed by atoms with van der Waals surface area (Å²) in [6.45, 7) is 2.13.